The van der Waals surface area contributed by atoms with Gasteiger partial charge in [-0.3, -0.25) is 0 Å². The molecule has 150 valence electrons. The molecular formula is C26H36N2. The molecule has 2 heteroatoms. The van der Waals surface area contributed by atoms with Crippen molar-refractivity contribution >= 4 is 11.4 Å². The number of anilines is 1. The number of aromatic nitrogens is 1. The Labute approximate surface area is 172 Å². The van der Waals surface area contributed by atoms with E-state index in [0.29, 0.717) is 5.41 Å². The van der Waals surface area contributed by atoms with Gasteiger partial charge in [-0.2, -0.15) is 0 Å². The number of hydrogen-bond donors (Lipinski definition) is 0. The molecule has 1 heterocycles. The molecule has 1 aromatic heterocycles. The Balaban J connectivity index is 0.000000409. The number of benzene rings is 1. The van der Waals surface area contributed by atoms with Crippen molar-refractivity contribution in [1.29, 1.82) is 0 Å². The zero-order valence-corrected chi connectivity index (χ0v) is 18.8. The minimum Gasteiger partial charge on any atom is -0.334 e. The van der Waals surface area contributed by atoms with E-state index in [0.717, 1.165) is 41.2 Å². The standard InChI is InChI=1S/C20H22N2.C6H14/c1-13(2)22(5)20-15(4)7-11-19(21-20)17-10-9-16-8-6-14(3)18(16)12-17;1-5-6(2,3)4/h7,9-12H,1,3,6,8H2,2,4-5H3;5H2,1-4H3. The SMILES string of the molecule is C=C1CCc2ccc(-c3ccc(C)c(N(C)C(=C)C)n3)cc21.CCC(C)(C)C. The molecule has 0 radical (unpaired) electrons. The van der Waals surface area contributed by atoms with Gasteiger partial charge in [-0.1, -0.05) is 65.5 Å². The fourth-order valence-corrected chi connectivity index (χ4v) is 2.90. The molecule has 0 saturated heterocycles. The fourth-order valence-electron chi connectivity index (χ4n) is 2.90. The Morgan fingerprint density at radius 2 is 1.79 bits per heavy atom. The third-order valence-corrected chi connectivity index (χ3v) is 5.50. The molecule has 0 atom stereocenters. The minimum atomic E-state index is 0.542. The maximum Gasteiger partial charge on any atom is 0.136 e. The highest BCUT2D eigenvalue weighted by Gasteiger charge is 2.16. The average molecular weight is 377 g/mol. The van der Waals surface area contributed by atoms with Crippen molar-refractivity contribution in [3.63, 3.8) is 0 Å². The lowest BCUT2D eigenvalue weighted by Crippen LogP contribution is -2.16. The molecule has 3 rings (SSSR count). The molecule has 0 bridgehead atoms. The smallest absolute Gasteiger partial charge is 0.136 e. The Bertz CT molecular complexity index is 868. The molecule has 0 aliphatic heterocycles. The lowest BCUT2D eigenvalue weighted by Gasteiger charge is -2.20. The van der Waals surface area contributed by atoms with Crippen molar-refractivity contribution in [1.82, 2.24) is 4.98 Å². The molecule has 0 spiro atoms. The fraction of sp³-hybridized carbons (Fsp3) is 0.423. The van der Waals surface area contributed by atoms with E-state index in [2.05, 4.69) is 78.1 Å². The molecule has 1 aliphatic carbocycles. The number of pyridine rings is 1. The van der Waals surface area contributed by atoms with Crippen LogP contribution in [0, 0.1) is 12.3 Å². The van der Waals surface area contributed by atoms with Crippen molar-refractivity contribution < 1.29 is 0 Å². The second-order valence-corrected chi connectivity index (χ2v) is 9.02. The lowest BCUT2D eigenvalue weighted by molar-refractivity contribution is 0.398. The Kier molecular flexibility index (Phi) is 6.87. The van der Waals surface area contributed by atoms with E-state index in [1.54, 1.807) is 0 Å². The van der Waals surface area contributed by atoms with Gasteiger partial charge < -0.3 is 4.90 Å². The van der Waals surface area contributed by atoms with Gasteiger partial charge in [0.05, 0.1) is 5.69 Å². The van der Waals surface area contributed by atoms with Gasteiger partial charge >= 0.3 is 0 Å². The third-order valence-electron chi connectivity index (χ3n) is 5.50. The monoisotopic (exact) mass is 376 g/mol. The number of nitrogens with zero attached hydrogens (tertiary/aromatic N) is 2. The second kappa shape index (κ2) is 8.77. The predicted octanol–water partition coefficient (Wildman–Crippen LogP) is 7.43. The molecular weight excluding hydrogens is 340 g/mol. The highest BCUT2D eigenvalue weighted by atomic mass is 15.2. The van der Waals surface area contributed by atoms with E-state index in [9.17, 15) is 0 Å². The topological polar surface area (TPSA) is 16.1 Å². The second-order valence-electron chi connectivity index (χ2n) is 9.02. The van der Waals surface area contributed by atoms with Crippen molar-refractivity contribution in [2.45, 2.75) is 60.8 Å². The van der Waals surface area contributed by atoms with Crippen LogP contribution in [0.15, 0.2) is 49.2 Å². The van der Waals surface area contributed by atoms with E-state index in [-0.39, 0.29) is 0 Å². The summed E-state index contributed by atoms with van der Waals surface area (Å²) in [6, 6.07) is 10.8. The molecule has 0 saturated carbocycles. The summed E-state index contributed by atoms with van der Waals surface area (Å²) < 4.78 is 0. The molecule has 1 aromatic carbocycles. The maximum absolute atomic E-state index is 4.85. The quantitative estimate of drug-likeness (QED) is 0.553. The first-order valence-corrected chi connectivity index (χ1v) is 10.2. The van der Waals surface area contributed by atoms with Crippen LogP contribution >= 0.6 is 0 Å². The highest BCUT2D eigenvalue weighted by molar-refractivity contribution is 5.76. The maximum atomic E-state index is 4.85. The summed E-state index contributed by atoms with van der Waals surface area (Å²) in [7, 11) is 2.01. The third kappa shape index (κ3) is 5.34. The Morgan fingerprint density at radius 3 is 2.36 bits per heavy atom. The van der Waals surface area contributed by atoms with Crippen LogP contribution in [0.2, 0.25) is 0 Å². The number of fused-ring (bicyclic) bond motifs is 1. The van der Waals surface area contributed by atoms with E-state index in [4.69, 9.17) is 4.98 Å². The molecule has 28 heavy (non-hydrogen) atoms. The van der Waals surface area contributed by atoms with Gasteiger partial charge in [0.25, 0.3) is 0 Å². The van der Waals surface area contributed by atoms with Gasteiger partial charge in [0.2, 0.25) is 0 Å². The molecule has 0 N–H and O–H groups in total. The van der Waals surface area contributed by atoms with Crippen molar-refractivity contribution in [3.05, 3.63) is 65.9 Å². The van der Waals surface area contributed by atoms with E-state index in [1.165, 1.54) is 23.1 Å². The molecule has 0 fully saturated rings. The van der Waals surface area contributed by atoms with Gasteiger partial charge in [0.1, 0.15) is 5.82 Å². The number of rotatable bonds is 3. The minimum absolute atomic E-state index is 0.542. The number of aryl methyl sites for hydroxylation is 2. The first-order valence-electron chi connectivity index (χ1n) is 10.2. The lowest BCUT2D eigenvalue weighted by atomic mass is 9.94. The van der Waals surface area contributed by atoms with Crippen molar-refractivity contribution in [2.75, 3.05) is 11.9 Å². The van der Waals surface area contributed by atoms with Crippen LogP contribution in [0.1, 0.15) is 64.2 Å². The first-order chi connectivity index (χ1) is 13.0. The Hall–Kier alpha value is -2.35. The van der Waals surface area contributed by atoms with Crippen LogP contribution in [-0.4, -0.2) is 12.0 Å². The van der Waals surface area contributed by atoms with Gasteiger partial charge in [0.15, 0.2) is 0 Å². The summed E-state index contributed by atoms with van der Waals surface area (Å²) in [6.07, 6.45) is 3.45. The molecule has 0 unspecified atom stereocenters. The average Bonchev–Trinajstić information content (AvgIpc) is 3.02. The number of allylic oxidation sites excluding steroid dienone is 2. The van der Waals surface area contributed by atoms with E-state index in [1.807, 2.05) is 18.9 Å². The summed E-state index contributed by atoms with van der Waals surface area (Å²) in [5.41, 5.74) is 8.77. The summed E-state index contributed by atoms with van der Waals surface area (Å²) in [5.74, 6) is 0.962. The van der Waals surface area contributed by atoms with Gasteiger partial charge in [-0.05, 0) is 66.5 Å². The summed E-state index contributed by atoms with van der Waals surface area (Å²) in [5, 5.41) is 0. The normalized spacial score (nSPS) is 12.9. The summed E-state index contributed by atoms with van der Waals surface area (Å²) in [4.78, 5) is 6.88. The van der Waals surface area contributed by atoms with E-state index >= 15 is 0 Å². The van der Waals surface area contributed by atoms with Crippen molar-refractivity contribution in [2.24, 2.45) is 5.41 Å². The number of hydrogen-bond acceptors (Lipinski definition) is 2. The van der Waals surface area contributed by atoms with Gasteiger partial charge in [-0.15, -0.1) is 0 Å². The molecule has 2 nitrogen and oxygen atoms in total. The summed E-state index contributed by atoms with van der Waals surface area (Å²) >= 11 is 0. The Morgan fingerprint density at radius 1 is 1.14 bits per heavy atom. The van der Waals surface area contributed by atoms with Gasteiger partial charge in [-0.25, -0.2) is 4.98 Å². The van der Waals surface area contributed by atoms with Crippen LogP contribution in [0.4, 0.5) is 5.82 Å². The van der Waals surface area contributed by atoms with E-state index < -0.39 is 0 Å². The molecule has 2 aromatic rings. The largest absolute Gasteiger partial charge is 0.334 e. The zero-order chi connectivity index (χ0) is 21.1. The molecule has 1 aliphatic rings. The first kappa shape index (κ1) is 21.9. The molecule has 0 amide bonds. The van der Waals surface area contributed by atoms with Crippen LogP contribution < -0.4 is 4.90 Å². The van der Waals surface area contributed by atoms with Crippen LogP contribution in [0.5, 0.6) is 0 Å². The van der Waals surface area contributed by atoms with Crippen LogP contribution in [0.3, 0.4) is 0 Å². The van der Waals surface area contributed by atoms with Crippen LogP contribution in [-0.2, 0) is 6.42 Å². The predicted molar refractivity (Wildman–Crippen MR) is 125 cm³/mol. The zero-order valence-electron chi connectivity index (χ0n) is 18.8. The van der Waals surface area contributed by atoms with Crippen LogP contribution in [0.25, 0.3) is 16.8 Å². The highest BCUT2D eigenvalue weighted by Crippen LogP contribution is 2.34. The van der Waals surface area contributed by atoms with Gasteiger partial charge in [0, 0.05) is 18.3 Å². The van der Waals surface area contributed by atoms with Crippen molar-refractivity contribution in [3.8, 4) is 11.3 Å². The summed E-state index contributed by atoms with van der Waals surface area (Å²) in [6.45, 7) is 21.2.